The zero-order valence-corrected chi connectivity index (χ0v) is 7.84. The highest BCUT2D eigenvalue weighted by molar-refractivity contribution is 5.78. The molecule has 5 heteroatoms. The van der Waals surface area contributed by atoms with Gasteiger partial charge in [0.15, 0.2) is 5.82 Å². The first-order valence-corrected chi connectivity index (χ1v) is 4.24. The molecule has 0 saturated heterocycles. The summed E-state index contributed by atoms with van der Waals surface area (Å²) in [6.07, 6.45) is -2.35. The van der Waals surface area contributed by atoms with Crippen molar-refractivity contribution in [1.82, 2.24) is 9.55 Å². The van der Waals surface area contributed by atoms with Crippen LogP contribution >= 0.6 is 0 Å². The number of nitrogens with zero attached hydrogens (tertiary/aromatic N) is 2. The molecule has 1 aromatic carbocycles. The number of rotatable bonds is 1. The molecule has 2 rings (SSSR count). The van der Waals surface area contributed by atoms with Crippen LogP contribution in [-0.4, -0.2) is 9.55 Å². The Morgan fingerprint density at radius 2 is 1.87 bits per heavy atom. The highest BCUT2D eigenvalue weighted by Crippen LogP contribution is 2.24. The van der Waals surface area contributed by atoms with E-state index >= 15 is 0 Å². The van der Waals surface area contributed by atoms with E-state index < -0.39 is 11.9 Å². The van der Waals surface area contributed by atoms with E-state index in [2.05, 4.69) is 4.98 Å². The van der Waals surface area contributed by atoms with Crippen molar-refractivity contribution in [2.75, 3.05) is 0 Å². The molecule has 1 aromatic heterocycles. The van der Waals surface area contributed by atoms with Crippen LogP contribution in [0.3, 0.4) is 0 Å². The molecule has 15 heavy (non-hydrogen) atoms. The quantitative estimate of drug-likeness (QED) is 0.710. The molecular weight excluding hydrogens is 205 g/mol. The van der Waals surface area contributed by atoms with Gasteiger partial charge in [0.05, 0.1) is 11.0 Å². The van der Waals surface area contributed by atoms with Crippen LogP contribution in [-0.2, 0) is 7.05 Å². The third-order valence-electron chi connectivity index (χ3n) is 2.15. The van der Waals surface area contributed by atoms with Crippen LogP contribution in [0, 0.1) is 0 Å². The Balaban J connectivity index is 2.74. The van der Waals surface area contributed by atoms with Crippen LogP contribution in [0.1, 0.15) is 5.82 Å². The zero-order chi connectivity index (χ0) is 11.0. The lowest BCUT2D eigenvalue weighted by Gasteiger charge is -1.97. The zero-order valence-electron chi connectivity index (χ0n) is 7.84. The summed E-state index contributed by atoms with van der Waals surface area (Å²) in [5.41, 5.74) is 1.11. The van der Waals surface area contributed by atoms with Crippen LogP contribution in [0.5, 0.6) is 0 Å². The highest BCUT2D eigenvalue weighted by Gasteiger charge is 2.16. The summed E-state index contributed by atoms with van der Waals surface area (Å²) in [4.78, 5) is 3.78. The second-order valence-corrected chi connectivity index (χ2v) is 3.06. The van der Waals surface area contributed by atoms with Crippen molar-refractivity contribution >= 4 is 16.9 Å². The van der Waals surface area contributed by atoms with Crippen LogP contribution in [0.15, 0.2) is 30.3 Å². The third kappa shape index (κ3) is 1.49. The minimum Gasteiger partial charge on any atom is -0.325 e. The Labute approximate surface area is 83.7 Å². The second kappa shape index (κ2) is 3.42. The molecule has 0 fully saturated rings. The van der Waals surface area contributed by atoms with Gasteiger partial charge in [-0.1, -0.05) is 12.1 Å². The molecule has 0 radical (unpaired) electrons. The monoisotopic (exact) mass is 212 g/mol. The minimum atomic E-state index is -2.35. The molecule has 0 aliphatic heterocycles. The predicted molar refractivity (Wildman–Crippen MR) is 51.0 cm³/mol. The topological polar surface area (TPSA) is 17.8 Å². The maximum absolute atomic E-state index is 13.0. The average Bonchev–Trinajstić information content (AvgIpc) is 2.56. The first kappa shape index (κ1) is 9.76. The second-order valence-electron chi connectivity index (χ2n) is 3.06. The number of hydrogen-bond donors (Lipinski definition) is 0. The van der Waals surface area contributed by atoms with Gasteiger partial charge in [0.1, 0.15) is 0 Å². The van der Waals surface area contributed by atoms with Crippen LogP contribution < -0.4 is 0 Å². The van der Waals surface area contributed by atoms with Crippen molar-refractivity contribution in [2.45, 2.75) is 0 Å². The van der Waals surface area contributed by atoms with E-state index in [4.69, 9.17) is 0 Å². The molecule has 0 bridgehead atoms. The van der Waals surface area contributed by atoms with Gasteiger partial charge in [-0.05, 0) is 12.1 Å². The van der Waals surface area contributed by atoms with Gasteiger partial charge in [0.25, 0.3) is 0 Å². The molecule has 0 spiro atoms. The summed E-state index contributed by atoms with van der Waals surface area (Å²) in [6, 6.07) is 6.78. The summed E-state index contributed by atoms with van der Waals surface area (Å²) in [6.45, 7) is 0. The van der Waals surface area contributed by atoms with Crippen LogP contribution in [0.25, 0.3) is 16.9 Å². The van der Waals surface area contributed by atoms with Gasteiger partial charge in [0.2, 0.25) is 5.83 Å². The number of imidazole rings is 1. The Morgan fingerprint density at radius 1 is 1.20 bits per heavy atom. The Kier molecular flexibility index (Phi) is 2.22. The Hall–Kier alpha value is -1.78. The summed E-state index contributed by atoms with van der Waals surface area (Å²) < 4.78 is 38.4. The molecular formula is C10H7F3N2. The SMILES string of the molecule is Cn1c(C(F)=C(F)F)nc2ccccc21. The summed E-state index contributed by atoms with van der Waals surface area (Å²) in [7, 11) is 1.49. The van der Waals surface area contributed by atoms with Crippen molar-refractivity contribution in [2.24, 2.45) is 7.05 Å². The lowest BCUT2D eigenvalue weighted by Crippen LogP contribution is -1.94. The molecule has 0 unspecified atom stereocenters. The Bertz CT molecular complexity index is 539. The average molecular weight is 212 g/mol. The van der Waals surface area contributed by atoms with Crippen LogP contribution in [0.2, 0.25) is 0 Å². The smallest absolute Gasteiger partial charge is 0.309 e. The largest absolute Gasteiger partial charge is 0.325 e. The van der Waals surface area contributed by atoms with E-state index in [1.54, 1.807) is 24.3 Å². The van der Waals surface area contributed by atoms with Gasteiger partial charge in [-0.3, -0.25) is 0 Å². The first-order valence-electron chi connectivity index (χ1n) is 4.24. The number of hydrogen-bond acceptors (Lipinski definition) is 1. The fraction of sp³-hybridized carbons (Fsp3) is 0.100. The Morgan fingerprint density at radius 3 is 2.47 bits per heavy atom. The normalized spacial score (nSPS) is 10.7. The van der Waals surface area contributed by atoms with Crippen molar-refractivity contribution in [1.29, 1.82) is 0 Å². The maximum atomic E-state index is 13.0. The first-order chi connectivity index (χ1) is 7.11. The molecule has 1 heterocycles. The molecule has 0 aliphatic rings. The number of para-hydroxylation sites is 2. The number of aryl methyl sites for hydroxylation is 1. The number of fused-ring (bicyclic) bond motifs is 1. The van der Waals surface area contributed by atoms with E-state index in [1.165, 1.54) is 11.6 Å². The molecule has 0 aliphatic carbocycles. The van der Waals surface area contributed by atoms with Gasteiger partial charge in [-0.25, -0.2) is 4.98 Å². The van der Waals surface area contributed by atoms with Gasteiger partial charge in [-0.15, -0.1) is 0 Å². The highest BCUT2D eigenvalue weighted by atomic mass is 19.3. The molecule has 0 atom stereocenters. The molecule has 0 amide bonds. The number of benzene rings is 1. The standard InChI is InChI=1S/C10H7F3N2/c1-15-7-5-3-2-4-6(7)14-10(15)8(11)9(12)13/h2-5H,1H3. The van der Waals surface area contributed by atoms with Gasteiger partial charge < -0.3 is 4.57 Å². The van der Waals surface area contributed by atoms with Crippen LogP contribution in [0.4, 0.5) is 13.2 Å². The molecule has 2 nitrogen and oxygen atoms in total. The lowest BCUT2D eigenvalue weighted by molar-refractivity contribution is 0.408. The summed E-state index contributed by atoms with van der Waals surface area (Å²) in [5.74, 6) is -1.93. The van der Waals surface area contributed by atoms with E-state index in [9.17, 15) is 13.2 Å². The van der Waals surface area contributed by atoms with E-state index in [-0.39, 0.29) is 5.82 Å². The van der Waals surface area contributed by atoms with Crippen molar-refractivity contribution in [3.8, 4) is 0 Å². The summed E-state index contributed by atoms with van der Waals surface area (Å²) in [5, 5.41) is 0. The van der Waals surface area contributed by atoms with Gasteiger partial charge >= 0.3 is 6.08 Å². The van der Waals surface area contributed by atoms with Crippen molar-refractivity contribution in [3.05, 3.63) is 36.2 Å². The van der Waals surface area contributed by atoms with Crippen molar-refractivity contribution < 1.29 is 13.2 Å². The molecule has 78 valence electrons. The van der Waals surface area contributed by atoms with E-state index in [0.29, 0.717) is 11.0 Å². The van der Waals surface area contributed by atoms with E-state index in [1.807, 2.05) is 0 Å². The van der Waals surface area contributed by atoms with E-state index in [0.717, 1.165) is 0 Å². The predicted octanol–water partition coefficient (Wildman–Crippen LogP) is 3.11. The fourth-order valence-corrected chi connectivity index (χ4v) is 1.43. The van der Waals surface area contributed by atoms with Crippen molar-refractivity contribution in [3.63, 3.8) is 0 Å². The maximum Gasteiger partial charge on any atom is 0.309 e. The van der Waals surface area contributed by atoms with Gasteiger partial charge in [0, 0.05) is 7.05 Å². The third-order valence-corrected chi connectivity index (χ3v) is 2.15. The summed E-state index contributed by atoms with van der Waals surface area (Å²) >= 11 is 0. The minimum absolute atomic E-state index is 0.351. The molecule has 0 N–H and O–H groups in total. The number of halogens is 3. The van der Waals surface area contributed by atoms with Gasteiger partial charge in [-0.2, -0.15) is 13.2 Å². The lowest BCUT2D eigenvalue weighted by atomic mass is 10.3. The molecule has 0 saturated carbocycles. The fourth-order valence-electron chi connectivity index (χ4n) is 1.43. The number of aromatic nitrogens is 2. The molecule has 2 aromatic rings.